The van der Waals surface area contributed by atoms with Crippen LogP contribution in [0.25, 0.3) is 16.7 Å². The molecule has 1 N–H and O–H groups in total. The molecule has 2 aromatic heterocycles. The number of thioether (sulfide) groups is 1. The summed E-state index contributed by atoms with van der Waals surface area (Å²) in [6, 6.07) is 17.9. The van der Waals surface area contributed by atoms with Gasteiger partial charge in [0.1, 0.15) is 0 Å². The lowest BCUT2D eigenvalue weighted by Crippen LogP contribution is -2.15. The van der Waals surface area contributed by atoms with Gasteiger partial charge < -0.3 is 9.88 Å². The summed E-state index contributed by atoms with van der Waals surface area (Å²) in [7, 11) is 0. The summed E-state index contributed by atoms with van der Waals surface area (Å²) < 4.78 is 3.99. The number of fused-ring (bicyclic) bond motifs is 1. The van der Waals surface area contributed by atoms with Crippen LogP contribution in [0.2, 0.25) is 0 Å². The number of benzene rings is 2. The third-order valence-corrected chi connectivity index (χ3v) is 5.80. The third kappa shape index (κ3) is 3.78. The fourth-order valence-corrected chi connectivity index (χ4v) is 4.30. The highest BCUT2D eigenvalue weighted by atomic mass is 32.2. The number of anilines is 1. The summed E-state index contributed by atoms with van der Waals surface area (Å²) in [6.45, 7) is 6.77. The fraction of sp³-hybridized carbons (Fsp3) is 0.227. The summed E-state index contributed by atoms with van der Waals surface area (Å²) in [5.41, 5.74) is 5.49. The van der Waals surface area contributed by atoms with Crippen molar-refractivity contribution in [1.29, 1.82) is 0 Å². The number of rotatable bonds is 6. The largest absolute Gasteiger partial charge is 0.322 e. The molecule has 2 heterocycles. The average molecular weight is 406 g/mol. The van der Waals surface area contributed by atoms with Crippen LogP contribution in [-0.4, -0.2) is 31.0 Å². The lowest BCUT2D eigenvalue weighted by Gasteiger charge is -2.08. The third-order valence-electron chi connectivity index (χ3n) is 4.82. The van der Waals surface area contributed by atoms with E-state index < -0.39 is 0 Å². The van der Waals surface area contributed by atoms with E-state index in [1.807, 2.05) is 67.1 Å². The van der Waals surface area contributed by atoms with E-state index in [0.29, 0.717) is 5.75 Å². The molecule has 4 rings (SSSR count). The minimum Gasteiger partial charge on any atom is -0.322 e. The molecule has 0 aliphatic carbocycles. The van der Waals surface area contributed by atoms with Gasteiger partial charge in [-0.3, -0.25) is 4.79 Å². The van der Waals surface area contributed by atoms with Gasteiger partial charge in [0.25, 0.3) is 0 Å². The Morgan fingerprint density at radius 2 is 1.79 bits per heavy atom. The van der Waals surface area contributed by atoms with E-state index in [4.69, 9.17) is 0 Å². The Hall–Kier alpha value is -3.06. The van der Waals surface area contributed by atoms with E-state index in [0.717, 1.165) is 45.5 Å². The highest BCUT2D eigenvalue weighted by molar-refractivity contribution is 7.99. The molecule has 0 saturated heterocycles. The highest BCUT2D eigenvalue weighted by Crippen LogP contribution is 2.26. The van der Waals surface area contributed by atoms with Crippen LogP contribution < -0.4 is 5.32 Å². The first kappa shape index (κ1) is 19.3. The number of hydrogen-bond donors (Lipinski definition) is 1. The molecule has 0 fully saturated rings. The van der Waals surface area contributed by atoms with Crippen LogP contribution in [0.1, 0.15) is 18.3 Å². The second-order valence-electron chi connectivity index (χ2n) is 6.76. The molecule has 1 amide bonds. The van der Waals surface area contributed by atoms with Gasteiger partial charge in [0, 0.05) is 6.54 Å². The van der Waals surface area contributed by atoms with E-state index >= 15 is 0 Å². The van der Waals surface area contributed by atoms with Gasteiger partial charge in [-0.2, -0.15) is 5.10 Å². The van der Waals surface area contributed by atoms with Crippen molar-refractivity contribution < 1.29 is 4.79 Å². The second-order valence-corrected chi connectivity index (χ2v) is 7.70. The van der Waals surface area contributed by atoms with Gasteiger partial charge in [0.05, 0.1) is 39.5 Å². The molecule has 0 saturated carbocycles. The van der Waals surface area contributed by atoms with E-state index in [1.54, 1.807) is 0 Å². The number of carbonyl (C=O) groups excluding carboxylic acids is 1. The number of aromatic nitrogens is 4. The van der Waals surface area contributed by atoms with Crippen molar-refractivity contribution in [3.8, 4) is 5.69 Å². The summed E-state index contributed by atoms with van der Waals surface area (Å²) in [5, 5.41) is 8.48. The lowest BCUT2D eigenvalue weighted by atomic mass is 10.3. The molecule has 6 nitrogen and oxygen atoms in total. The number of aryl methyl sites for hydroxylation is 2. The molecule has 0 aliphatic heterocycles. The van der Waals surface area contributed by atoms with Crippen molar-refractivity contribution in [2.24, 2.45) is 0 Å². The summed E-state index contributed by atoms with van der Waals surface area (Å²) >= 11 is 1.45. The zero-order chi connectivity index (χ0) is 20.4. The number of carbonyl (C=O) groups is 1. The lowest BCUT2D eigenvalue weighted by molar-refractivity contribution is -0.113. The molecule has 29 heavy (non-hydrogen) atoms. The normalized spacial score (nSPS) is 11.1. The van der Waals surface area contributed by atoms with E-state index in [1.165, 1.54) is 11.8 Å². The smallest absolute Gasteiger partial charge is 0.234 e. The molecule has 0 aliphatic rings. The molecule has 148 valence electrons. The van der Waals surface area contributed by atoms with Gasteiger partial charge in [-0.05, 0) is 45.0 Å². The molecule has 2 aromatic carbocycles. The van der Waals surface area contributed by atoms with Crippen molar-refractivity contribution in [3.63, 3.8) is 0 Å². The van der Waals surface area contributed by atoms with E-state index in [-0.39, 0.29) is 5.91 Å². The zero-order valence-electron chi connectivity index (χ0n) is 16.7. The van der Waals surface area contributed by atoms with Gasteiger partial charge in [-0.1, -0.05) is 42.1 Å². The molecule has 4 aromatic rings. The Labute approximate surface area is 173 Å². The topological polar surface area (TPSA) is 64.7 Å². The van der Waals surface area contributed by atoms with Crippen molar-refractivity contribution in [1.82, 2.24) is 19.3 Å². The predicted octanol–water partition coefficient (Wildman–Crippen LogP) is 4.59. The van der Waals surface area contributed by atoms with E-state index in [9.17, 15) is 4.79 Å². The standard InChI is InChI=1S/C22H23N5OS/c1-4-26-19-13-9-8-12-18(19)23-22(26)29-14-20(28)24-21-15(2)25-27(16(21)3)17-10-6-5-7-11-17/h5-13H,4,14H2,1-3H3,(H,24,28). The molecular formula is C22H23N5OS. The minimum atomic E-state index is -0.0662. The van der Waals surface area contributed by atoms with Crippen molar-refractivity contribution in [2.45, 2.75) is 32.5 Å². The Balaban J connectivity index is 1.49. The first-order valence-corrected chi connectivity index (χ1v) is 10.6. The number of para-hydroxylation sites is 3. The van der Waals surface area contributed by atoms with Crippen molar-refractivity contribution in [2.75, 3.05) is 11.1 Å². The SMILES string of the molecule is CCn1c(SCC(=O)Nc2c(C)nn(-c3ccccc3)c2C)nc2ccccc21. The van der Waals surface area contributed by atoms with Crippen LogP contribution in [0.3, 0.4) is 0 Å². The second kappa shape index (κ2) is 8.13. The predicted molar refractivity (Wildman–Crippen MR) is 118 cm³/mol. The molecule has 0 atom stereocenters. The number of nitrogens with one attached hydrogen (secondary N) is 1. The molecule has 0 radical (unpaired) electrons. The van der Waals surface area contributed by atoms with Gasteiger partial charge in [-0.25, -0.2) is 9.67 Å². The maximum atomic E-state index is 12.6. The monoisotopic (exact) mass is 405 g/mol. The fourth-order valence-electron chi connectivity index (χ4n) is 3.42. The molecule has 0 bridgehead atoms. The minimum absolute atomic E-state index is 0.0662. The summed E-state index contributed by atoms with van der Waals surface area (Å²) in [6.07, 6.45) is 0. The van der Waals surface area contributed by atoms with Gasteiger partial charge >= 0.3 is 0 Å². The first-order chi connectivity index (χ1) is 14.1. The number of hydrogen-bond acceptors (Lipinski definition) is 4. The maximum Gasteiger partial charge on any atom is 0.234 e. The van der Waals surface area contributed by atoms with Gasteiger partial charge in [-0.15, -0.1) is 0 Å². The number of imidazole rings is 1. The number of amides is 1. The summed E-state index contributed by atoms with van der Waals surface area (Å²) in [5.74, 6) is 0.224. The first-order valence-electron chi connectivity index (χ1n) is 9.58. The average Bonchev–Trinajstić information content (AvgIpc) is 3.24. The number of nitrogens with zero attached hydrogens (tertiary/aromatic N) is 4. The Morgan fingerprint density at radius 1 is 1.07 bits per heavy atom. The summed E-state index contributed by atoms with van der Waals surface area (Å²) in [4.78, 5) is 17.3. The van der Waals surface area contributed by atoms with E-state index in [2.05, 4.69) is 33.0 Å². The Kier molecular flexibility index (Phi) is 5.40. The zero-order valence-corrected chi connectivity index (χ0v) is 17.5. The molecule has 0 spiro atoms. The molecule has 0 unspecified atom stereocenters. The maximum absolute atomic E-state index is 12.6. The molecule has 7 heteroatoms. The van der Waals surface area contributed by atoms with Crippen LogP contribution in [0.4, 0.5) is 5.69 Å². The van der Waals surface area contributed by atoms with Crippen LogP contribution in [0, 0.1) is 13.8 Å². The van der Waals surface area contributed by atoms with Crippen LogP contribution in [0.5, 0.6) is 0 Å². The quantitative estimate of drug-likeness (QED) is 0.477. The van der Waals surface area contributed by atoms with Crippen LogP contribution in [-0.2, 0) is 11.3 Å². The Bertz CT molecular complexity index is 1160. The van der Waals surface area contributed by atoms with Crippen molar-refractivity contribution in [3.05, 3.63) is 66.0 Å². The van der Waals surface area contributed by atoms with Gasteiger partial charge in [0.15, 0.2) is 5.16 Å². The molecular weight excluding hydrogens is 382 g/mol. The Morgan fingerprint density at radius 3 is 2.55 bits per heavy atom. The van der Waals surface area contributed by atoms with Crippen molar-refractivity contribution >= 4 is 34.4 Å². The highest BCUT2D eigenvalue weighted by Gasteiger charge is 2.17. The van der Waals surface area contributed by atoms with Gasteiger partial charge in [0.2, 0.25) is 5.91 Å². The van der Waals surface area contributed by atoms with Crippen LogP contribution >= 0.6 is 11.8 Å². The van der Waals surface area contributed by atoms with Crippen LogP contribution in [0.15, 0.2) is 59.8 Å².